The van der Waals surface area contributed by atoms with Gasteiger partial charge in [0.25, 0.3) is 0 Å². The van der Waals surface area contributed by atoms with Gasteiger partial charge < -0.3 is 14.8 Å². The first-order valence-electron chi connectivity index (χ1n) is 8.99. The standard InChI is InChI=1S/C20H23F3N2O2.2ClH/c1-2-26-18-5-3-4-16(14-18)19(25-12-10-24-11-13-25)15-6-8-17(9-7-15)27-20(21,22)23;;/h3-9,14,19,24H,2,10-13H2,1H3;2*1H/t19-;;/m0../s1. The molecule has 1 N–H and O–H groups in total. The summed E-state index contributed by atoms with van der Waals surface area (Å²) in [6, 6.07) is 13.9. The van der Waals surface area contributed by atoms with Gasteiger partial charge in [-0.3, -0.25) is 4.90 Å². The summed E-state index contributed by atoms with van der Waals surface area (Å²) in [5, 5.41) is 3.33. The summed E-state index contributed by atoms with van der Waals surface area (Å²) in [5.41, 5.74) is 1.97. The predicted molar refractivity (Wildman–Crippen MR) is 112 cm³/mol. The molecule has 0 spiro atoms. The molecule has 0 radical (unpaired) electrons. The highest BCUT2D eigenvalue weighted by atomic mass is 35.5. The maximum Gasteiger partial charge on any atom is 0.573 e. The first-order chi connectivity index (χ1) is 13.0. The Kier molecular flexibility index (Phi) is 10.1. The van der Waals surface area contributed by atoms with Crippen LogP contribution in [0.25, 0.3) is 0 Å². The van der Waals surface area contributed by atoms with Crippen LogP contribution in [-0.4, -0.2) is 44.0 Å². The van der Waals surface area contributed by atoms with Gasteiger partial charge in [0.1, 0.15) is 11.5 Å². The van der Waals surface area contributed by atoms with E-state index < -0.39 is 6.36 Å². The average molecular weight is 453 g/mol. The summed E-state index contributed by atoms with van der Waals surface area (Å²) in [6.45, 7) is 5.95. The quantitative estimate of drug-likeness (QED) is 0.680. The van der Waals surface area contributed by atoms with E-state index in [9.17, 15) is 13.2 Å². The van der Waals surface area contributed by atoms with Gasteiger partial charge in [-0.05, 0) is 42.3 Å². The Morgan fingerprint density at radius 1 is 0.966 bits per heavy atom. The first kappa shape index (κ1) is 25.4. The molecule has 29 heavy (non-hydrogen) atoms. The van der Waals surface area contributed by atoms with Crippen molar-refractivity contribution in [1.82, 2.24) is 10.2 Å². The van der Waals surface area contributed by atoms with Crippen LogP contribution < -0.4 is 14.8 Å². The molecule has 1 saturated heterocycles. The van der Waals surface area contributed by atoms with Crippen LogP contribution in [0.3, 0.4) is 0 Å². The maximum atomic E-state index is 12.4. The molecular formula is C20H25Cl2F3N2O2. The fraction of sp³-hybridized carbons (Fsp3) is 0.400. The number of alkyl halides is 3. The lowest BCUT2D eigenvalue weighted by Gasteiger charge is -2.35. The molecular weight excluding hydrogens is 428 g/mol. The summed E-state index contributed by atoms with van der Waals surface area (Å²) < 4.78 is 46.9. The van der Waals surface area contributed by atoms with Crippen molar-refractivity contribution >= 4 is 24.8 Å². The van der Waals surface area contributed by atoms with Gasteiger partial charge in [-0.15, -0.1) is 38.0 Å². The molecule has 0 bridgehead atoms. The van der Waals surface area contributed by atoms with E-state index in [2.05, 4.69) is 15.0 Å². The molecule has 0 unspecified atom stereocenters. The number of nitrogens with zero attached hydrogens (tertiary/aromatic N) is 1. The van der Waals surface area contributed by atoms with Gasteiger partial charge in [-0.1, -0.05) is 24.3 Å². The van der Waals surface area contributed by atoms with Crippen LogP contribution in [0.5, 0.6) is 11.5 Å². The minimum Gasteiger partial charge on any atom is -0.494 e. The van der Waals surface area contributed by atoms with Crippen LogP contribution in [0.1, 0.15) is 24.1 Å². The molecule has 1 fully saturated rings. The molecule has 9 heteroatoms. The minimum absolute atomic E-state index is 0. The van der Waals surface area contributed by atoms with Crippen molar-refractivity contribution in [1.29, 1.82) is 0 Å². The SMILES string of the molecule is CCOc1cccc([C@H](c2ccc(OC(F)(F)F)cc2)N2CCNCC2)c1.Cl.Cl. The van der Waals surface area contributed by atoms with Gasteiger partial charge in [0, 0.05) is 26.2 Å². The Morgan fingerprint density at radius 3 is 2.21 bits per heavy atom. The van der Waals surface area contributed by atoms with Crippen molar-refractivity contribution in [3.63, 3.8) is 0 Å². The lowest BCUT2D eigenvalue weighted by Crippen LogP contribution is -2.45. The second kappa shape index (κ2) is 11.5. The van der Waals surface area contributed by atoms with E-state index in [1.807, 2.05) is 31.2 Å². The number of hydrogen-bond acceptors (Lipinski definition) is 4. The van der Waals surface area contributed by atoms with Gasteiger partial charge in [0.15, 0.2) is 0 Å². The summed E-state index contributed by atoms with van der Waals surface area (Å²) in [4.78, 5) is 2.32. The first-order valence-corrected chi connectivity index (χ1v) is 8.99. The number of hydrogen-bond donors (Lipinski definition) is 1. The van der Waals surface area contributed by atoms with E-state index in [4.69, 9.17) is 4.74 Å². The summed E-state index contributed by atoms with van der Waals surface area (Å²) in [5.74, 6) is 0.570. The molecule has 1 heterocycles. The van der Waals surface area contributed by atoms with Gasteiger partial charge >= 0.3 is 6.36 Å². The van der Waals surface area contributed by atoms with E-state index in [1.165, 1.54) is 12.1 Å². The van der Waals surface area contributed by atoms with Crippen LogP contribution in [0.2, 0.25) is 0 Å². The number of piperazine rings is 1. The number of ether oxygens (including phenoxy) is 2. The average Bonchev–Trinajstić information content (AvgIpc) is 2.64. The van der Waals surface area contributed by atoms with E-state index in [0.29, 0.717) is 6.61 Å². The minimum atomic E-state index is -4.69. The van der Waals surface area contributed by atoms with Gasteiger partial charge in [0.2, 0.25) is 0 Å². The van der Waals surface area contributed by atoms with Crippen molar-refractivity contribution in [2.75, 3.05) is 32.8 Å². The Morgan fingerprint density at radius 2 is 1.62 bits per heavy atom. The smallest absolute Gasteiger partial charge is 0.494 e. The number of halogens is 5. The molecule has 1 aliphatic rings. The second-order valence-electron chi connectivity index (χ2n) is 6.31. The van der Waals surface area contributed by atoms with Crippen LogP contribution in [0.15, 0.2) is 48.5 Å². The van der Waals surface area contributed by atoms with Crippen molar-refractivity contribution in [3.8, 4) is 11.5 Å². The van der Waals surface area contributed by atoms with Crippen LogP contribution in [0, 0.1) is 0 Å². The van der Waals surface area contributed by atoms with Crippen molar-refractivity contribution in [2.45, 2.75) is 19.3 Å². The molecule has 1 aliphatic heterocycles. The molecule has 1 atom stereocenters. The Labute approximate surface area is 181 Å². The predicted octanol–water partition coefficient (Wildman–Crippen LogP) is 4.82. The molecule has 0 amide bonds. The van der Waals surface area contributed by atoms with Crippen LogP contribution >= 0.6 is 24.8 Å². The Balaban J connectivity index is 0.00000210. The Bertz CT molecular complexity index is 739. The second-order valence-corrected chi connectivity index (χ2v) is 6.31. The van der Waals surface area contributed by atoms with Crippen molar-refractivity contribution in [3.05, 3.63) is 59.7 Å². The van der Waals surface area contributed by atoms with Crippen molar-refractivity contribution in [2.24, 2.45) is 0 Å². The zero-order valence-electron chi connectivity index (χ0n) is 15.9. The molecule has 0 aliphatic carbocycles. The molecule has 0 saturated carbocycles. The monoisotopic (exact) mass is 452 g/mol. The van der Waals surface area contributed by atoms with E-state index in [1.54, 1.807) is 12.1 Å². The zero-order valence-corrected chi connectivity index (χ0v) is 17.6. The fourth-order valence-electron chi connectivity index (χ4n) is 3.35. The molecule has 2 aromatic carbocycles. The topological polar surface area (TPSA) is 33.7 Å². The number of nitrogens with one attached hydrogen (secondary N) is 1. The highest BCUT2D eigenvalue weighted by Crippen LogP contribution is 2.33. The maximum absolute atomic E-state index is 12.4. The van der Waals surface area contributed by atoms with E-state index in [0.717, 1.165) is 43.1 Å². The molecule has 3 rings (SSSR count). The fourth-order valence-corrected chi connectivity index (χ4v) is 3.35. The molecule has 4 nitrogen and oxygen atoms in total. The lowest BCUT2D eigenvalue weighted by molar-refractivity contribution is -0.274. The van der Waals surface area contributed by atoms with Gasteiger partial charge in [0.05, 0.1) is 12.6 Å². The third-order valence-electron chi connectivity index (χ3n) is 4.43. The van der Waals surface area contributed by atoms with Gasteiger partial charge in [-0.25, -0.2) is 0 Å². The highest BCUT2D eigenvalue weighted by molar-refractivity contribution is 5.85. The number of rotatable bonds is 6. The largest absolute Gasteiger partial charge is 0.573 e. The number of benzene rings is 2. The normalized spacial score (nSPS) is 15.6. The molecule has 162 valence electrons. The third kappa shape index (κ3) is 7.26. The summed E-state index contributed by atoms with van der Waals surface area (Å²) >= 11 is 0. The summed E-state index contributed by atoms with van der Waals surface area (Å²) in [7, 11) is 0. The van der Waals surface area contributed by atoms with Crippen LogP contribution in [0.4, 0.5) is 13.2 Å². The Hall–Kier alpha value is -1.67. The highest BCUT2D eigenvalue weighted by Gasteiger charge is 2.31. The van der Waals surface area contributed by atoms with Crippen LogP contribution in [-0.2, 0) is 0 Å². The molecule has 0 aromatic heterocycles. The van der Waals surface area contributed by atoms with Crippen molar-refractivity contribution < 1.29 is 22.6 Å². The van der Waals surface area contributed by atoms with Gasteiger partial charge in [-0.2, -0.15) is 0 Å². The summed E-state index contributed by atoms with van der Waals surface area (Å²) in [6.07, 6.45) is -4.69. The van der Waals surface area contributed by atoms with E-state index in [-0.39, 0.29) is 36.6 Å². The molecule has 2 aromatic rings. The van der Waals surface area contributed by atoms with E-state index >= 15 is 0 Å². The lowest BCUT2D eigenvalue weighted by atomic mass is 9.96. The zero-order chi connectivity index (χ0) is 19.3. The third-order valence-corrected chi connectivity index (χ3v) is 4.43.